The van der Waals surface area contributed by atoms with Crippen LogP contribution in [0.1, 0.15) is 32.3 Å². The third-order valence-electron chi connectivity index (χ3n) is 3.92. The van der Waals surface area contributed by atoms with Gasteiger partial charge in [0, 0.05) is 25.2 Å². The number of anilines is 1. The second-order valence-electron chi connectivity index (χ2n) is 5.61. The minimum absolute atomic E-state index is 0.0104. The van der Waals surface area contributed by atoms with Gasteiger partial charge in [-0.1, -0.05) is 13.0 Å². The monoisotopic (exact) mass is 263 g/mol. The highest BCUT2D eigenvalue weighted by molar-refractivity contribution is 5.59. The van der Waals surface area contributed by atoms with Crippen molar-refractivity contribution in [1.29, 1.82) is 0 Å². The summed E-state index contributed by atoms with van der Waals surface area (Å²) in [5.74, 6) is 0.714. The van der Waals surface area contributed by atoms with E-state index in [0.29, 0.717) is 12.0 Å². The minimum atomic E-state index is -0.440. The predicted octanol–water partition coefficient (Wildman–Crippen LogP) is 2.80. The van der Waals surface area contributed by atoms with Crippen LogP contribution in [-0.2, 0) is 6.54 Å². The van der Waals surface area contributed by atoms with Crippen molar-refractivity contribution in [3.63, 3.8) is 0 Å². The first-order chi connectivity index (χ1) is 8.97. The number of nitro benzene ring substituents is 1. The van der Waals surface area contributed by atoms with Crippen LogP contribution < -0.4 is 5.73 Å². The summed E-state index contributed by atoms with van der Waals surface area (Å²) in [6.45, 7) is 6.40. The topological polar surface area (TPSA) is 72.4 Å². The number of hydrogen-bond donors (Lipinski definition) is 1. The van der Waals surface area contributed by atoms with Crippen molar-refractivity contribution in [3.05, 3.63) is 33.9 Å². The lowest BCUT2D eigenvalue weighted by molar-refractivity contribution is -0.383. The largest absolute Gasteiger partial charge is 0.393 e. The Balaban J connectivity index is 2.10. The Kier molecular flexibility index (Phi) is 4.04. The van der Waals surface area contributed by atoms with Gasteiger partial charge in [-0.15, -0.1) is 0 Å². The molecular formula is C14H21N3O2. The summed E-state index contributed by atoms with van der Waals surface area (Å²) >= 11 is 0. The first-order valence-electron chi connectivity index (χ1n) is 6.74. The van der Waals surface area contributed by atoms with E-state index in [1.807, 2.05) is 0 Å². The SMILES string of the molecule is CC1CCC(C)N(Cc2ccc([N+](=O)[O-])c(N)c2)C1. The van der Waals surface area contributed by atoms with Gasteiger partial charge in [0.1, 0.15) is 5.69 Å². The molecule has 1 saturated heterocycles. The zero-order valence-electron chi connectivity index (χ0n) is 11.5. The van der Waals surface area contributed by atoms with Gasteiger partial charge >= 0.3 is 0 Å². The summed E-state index contributed by atoms with van der Waals surface area (Å²) in [5.41, 5.74) is 7.01. The number of likely N-dealkylation sites (tertiary alicyclic amines) is 1. The highest BCUT2D eigenvalue weighted by atomic mass is 16.6. The maximum absolute atomic E-state index is 10.7. The molecule has 1 aromatic rings. The fourth-order valence-electron chi connectivity index (χ4n) is 2.70. The molecule has 0 radical (unpaired) electrons. The van der Waals surface area contributed by atoms with E-state index in [2.05, 4.69) is 18.7 Å². The maximum atomic E-state index is 10.7. The number of rotatable bonds is 3. The van der Waals surface area contributed by atoms with Crippen LogP contribution in [0.2, 0.25) is 0 Å². The molecule has 19 heavy (non-hydrogen) atoms. The lowest BCUT2D eigenvalue weighted by Crippen LogP contribution is -2.40. The highest BCUT2D eigenvalue weighted by Crippen LogP contribution is 2.26. The van der Waals surface area contributed by atoms with E-state index in [1.165, 1.54) is 18.9 Å². The second-order valence-corrected chi connectivity index (χ2v) is 5.61. The van der Waals surface area contributed by atoms with E-state index in [-0.39, 0.29) is 11.4 Å². The van der Waals surface area contributed by atoms with Gasteiger partial charge in [-0.25, -0.2) is 0 Å². The molecule has 0 amide bonds. The number of piperidine rings is 1. The van der Waals surface area contributed by atoms with Gasteiger partial charge in [0.05, 0.1) is 4.92 Å². The molecule has 1 heterocycles. The molecule has 2 unspecified atom stereocenters. The van der Waals surface area contributed by atoms with Crippen LogP contribution in [0.15, 0.2) is 18.2 Å². The molecule has 1 aliphatic heterocycles. The molecule has 5 heteroatoms. The van der Waals surface area contributed by atoms with Crippen LogP contribution in [0.25, 0.3) is 0 Å². The first kappa shape index (κ1) is 13.8. The van der Waals surface area contributed by atoms with E-state index >= 15 is 0 Å². The van der Waals surface area contributed by atoms with Gasteiger partial charge in [0.2, 0.25) is 0 Å². The summed E-state index contributed by atoms with van der Waals surface area (Å²) < 4.78 is 0. The van der Waals surface area contributed by atoms with Crippen LogP contribution in [-0.4, -0.2) is 22.4 Å². The Labute approximate surface area is 113 Å². The van der Waals surface area contributed by atoms with Crippen molar-refractivity contribution in [2.45, 2.75) is 39.3 Å². The predicted molar refractivity (Wildman–Crippen MR) is 75.8 cm³/mol. The molecule has 1 aliphatic rings. The van der Waals surface area contributed by atoms with Crippen molar-refractivity contribution in [2.24, 2.45) is 5.92 Å². The van der Waals surface area contributed by atoms with Crippen LogP contribution in [0, 0.1) is 16.0 Å². The normalized spacial score (nSPS) is 24.3. The molecule has 1 aromatic carbocycles. The summed E-state index contributed by atoms with van der Waals surface area (Å²) in [6, 6.07) is 5.60. The van der Waals surface area contributed by atoms with Gasteiger partial charge < -0.3 is 5.73 Å². The molecule has 0 saturated carbocycles. The first-order valence-corrected chi connectivity index (χ1v) is 6.74. The molecule has 2 atom stereocenters. The molecular weight excluding hydrogens is 242 g/mol. The van der Waals surface area contributed by atoms with Crippen molar-refractivity contribution in [2.75, 3.05) is 12.3 Å². The van der Waals surface area contributed by atoms with E-state index in [4.69, 9.17) is 5.73 Å². The number of nitrogens with zero attached hydrogens (tertiary/aromatic N) is 2. The van der Waals surface area contributed by atoms with Crippen molar-refractivity contribution >= 4 is 11.4 Å². The summed E-state index contributed by atoms with van der Waals surface area (Å²) in [4.78, 5) is 12.7. The van der Waals surface area contributed by atoms with Gasteiger partial charge in [-0.2, -0.15) is 0 Å². The van der Waals surface area contributed by atoms with E-state index in [0.717, 1.165) is 18.7 Å². The fraction of sp³-hybridized carbons (Fsp3) is 0.571. The Morgan fingerprint density at radius 1 is 1.42 bits per heavy atom. The number of nitrogens with two attached hydrogens (primary N) is 1. The summed E-state index contributed by atoms with van der Waals surface area (Å²) in [6.07, 6.45) is 2.49. The average molecular weight is 263 g/mol. The van der Waals surface area contributed by atoms with E-state index in [9.17, 15) is 10.1 Å². The van der Waals surface area contributed by atoms with Crippen LogP contribution in [0.3, 0.4) is 0 Å². The quantitative estimate of drug-likeness (QED) is 0.517. The number of nitro groups is 1. The van der Waals surface area contributed by atoms with Crippen LogP contribution >= 0.6 is 0 Å². The average Bonchev–Trinajstić information content (AvgIpc) is 2.33. The fourth-order valence-corrected chi connectivity index (χ4v) is 2.70. The van der Waals surface area contributed by atoms with Crippen LogP contribution in [0.4, 0.5) is 11.4 Å². The van der Waals surface area contributed by atoms with Gasteiger partial charge in [0.25, 0.3) is 5.69 Å². The van der Waals surface area contributed by atoms with Crippen molar-refractivity contribution < 1.29 is 4.92 Å². The van der Waals surface area contributed by atoms with Crippen molar-refractivity contribution in [1.82, 2.24) is 4.90 Å². The van der Waals surface area contributed by atoms with E-state index < -0.39 is 4.92 Å². The van der Waals surface area contributed by atoms with Crippen molar-refractivity contribution in [3.8, 4) is 0 Å². The molecule has 5 nitrogen and oxygen atoms in total. The Hall–Kier alpha value is -1.62. The lowest BCUT2D eigenvalue weighted by Gasteiger charge is -2.36. The number of hydrogen-bond acceptors (Lipinski definition) is 4. The molecule has 0 aromatic heterocycles. The third kappa shape index (κ3) is 3.23. The minimum Gasteiger partial charge on any atom is -0.393 e. The van der Waals surface area contributed by atoms with Gasteiger partial charge in [0.15, 0.2) is 0 Å². The molecule has 1 fully saturated rings. The molecule has 2 rings (SSSR count). The van der Waals surface area contributed by atoms with Crippen LogP contribution in [0.5, 0.6) is 0 Å². The van der Waals surface area contributed by atoms with Gasteiger partial charge in [-0.3, -0.25) is 15.0 Å². The second kappa shape index (κ2) is 5.57. The summed E-state index contributed by atoms with van der Waals surface area (Å²) in [7, 11) is 0. The molecule has 104 valence electrons. The number of benzene rings is 1. The lowest BCUT2D eigenvalue weighted by atomic mass is 9.94. The zero-order valence-corrected chi connectivity index (χ0v) is 11.5. The Morgan fingerprint density at radius 2 is 2.16 bits per heavy atom. The summed E-state index contributed by atoms with van der Waals surface area (Å²) in [5, 5.41) is 10.7. The molecule has 2 N–H and O–H groups in total. The van der Waals surface area contributed by atoms with Gasteiger partial charge in [-0.05, 0) is 37.3 Å². The molecule has 0 aliphatic carbocycles. The third-order valence-corrected chi connectivity index (χ3v) is 3.92. The zero-order chi connectivity index (χ0) is 14.0. The number of nitrogen functional groups attached to an aromatic ring is 1. The van der Waals surface area contributed by atoms with E-state index in [1.54, 1.807) is 12.1 Å². The molecule has 0 spiro atoms. The maximum Gasteiger partial charge on any atom is 0.292 e. The Bertz CT molecular complexity index is 476. The standard InChI is InChI=1S/C14H21N3O2/c1-10-3-4-11(2)16(8-10)9-12-5-6-14(17(18)19)13(15)7-12/h5-7,10-11H,3-4,8-9,15H2,1-2H3. The smallest absolute Gasteiger partial charge is 0.292 e. The highest BCUT2D eigenvalue weighted by Gasteiger charge is 2.23. The Morgan fingerprint density at radius 3 is 2.79 bits per heavy atom. The molecule has 0 bridgehead atoms.